The van der Waals surface area contributed by atoms with Crippen LogP contribution in [0.15, 0.2) is 35.2 Å². The van der Waals surface area contributed by atoms with Crippen LogP contribution in [0.3, 0.4) is 0 Å². The zero-order valence-electron chi connectivity index (χ0n) is 37.5. The zero-order valence-corrected chi connectivity index (χ0v) is 39.2. The topological polar surface area (TPSA) is 43.4 Å². The predicted octanol–water partition coefficient (Wildman–Crippen LogP) is 17.1. The van der Waals surface area contributed by atoms with Gasteiger partial charge in [-0.15, -0.1) is 0 Å². The standard InChI is InChI=1S/C50H91O3PS/c1-7-13-18-20-22-24-26-28-30-32-34-38-46-45-47-39-36-37-41-49(47)50(48(46)40-35-33-31-29-27-25-23-21-19-14-8-2)55(51,52)53-54(12-6,42-15-9-3,43-16-10-4)44-17-11-5/h36-37,39,41,45H,7-35,38,40,42-44H2,1-6H3. The van der Waals surface area contributed by atoms with E-state index in [0.29, 0.717) is 4.90 Å². The van der Waals surface area contributed by atoms with Crippen molar-refractivity contribution in [3.05, 3.63) is 41.5 Å². The molecule has 320 valence electrons. The molecule has 0 aromatic heterocycles. The van der Waals surface area contributed by atoms with Gasteiger partial charge in [0.25, 0.3) is 0 Å². The van der Waals surface area contributed by atoms with E-state index in [9.17, 15) is 0 Å². The smallest absolute Gasteiger partial charge is 0.0654 e. The van der Waals surface area contributed by atoms with Crippen molar-refractivity contribution in [3.8, 4) is 0 Å². The molecule has 5 heteroatoms. The summed E-state index contributed by atoms with van der Waals surface area (Å²) in [6.07, 6.45) is 40.6. The Morgan fingerprint density at radius 1 is 0.473 bits per heavy atom. The van der Waals surface area contributed by atoms with Crippen molar-refractivity contribution in [2.24, 2.45) is 0 Å². The number of rotatable bonds is 37. The fraction of sp³-hybridized carbons (Fsp3) is 0.800. The molecule has 0 aliphatic rings. The Bertz CT molecular complexity index is 1340. The summed E-state index contributed by atoms with van der Waals surface area (Å²) < 4.78 is 37.9. The molecular weight excluding hydrogens is 712 g/mol. The van der Waals surface area contributed by atoms with E-state index in [1.54, 1.807) is 0 Å². The minimum Gasteiger partial charge on any atom is -0.0654 e. The molecule has 0 fully saturated rings. The average Bonchev–Trinajstić information content (AvgIpc) is 3.19. The quantitative estimate of drug-likeness (QED) is 0.0505. The van der Waals surface area contributed by atoms with Crippen molar-refractivity contribution < 1.29 is 12.4 Å². The van der Waals surface area contributed by atoms with Gasteiger partial charge in [-0.25, -0.2) is 0 Å². The van der Waals surface area contributed by atoms with E-state index in [0.717, 1.165) is 105 Å². The molecule has 2 rings (SSSR count). The second-order valence-corrected chi connectivity index (χ2v) is 25.2. The van der Waals surface area contributed by atoms with Gasteiger partial charge >= 0.3 is 274 Å². The molecule has 0 saturated heterocycles. The normalized spacial score (nSPS) is 13.1. The van der Waals surface area contributed by atoms with E-state index in [1.165, 1.54) is 134 Å². The van der Waals surface area contributed by atoms with E-state index in [1.807, 2.05) is 6.07 Å². The Kier molecular flexibility index (Phi) is 26.7. The molecule has 0 heterocycles. The van der Waals surface area contributed by atoms with Crippen LogP contribution in [-0.2, 0) is 26.9 Å². The van der Waals surface area contributed by atoms with Crippen LogP contribution >= 0.6 is 6.83 Å². The molecule has 0 atom stereocenters. The number of hydrogen-bond acceptors (Lipinski definition) is 3. The molecule has 2 aromatic rings. The van der Waals surface area contributed by atoms with Crippen LogP contribution in [0.2, 0.25) is 0 Å². The minimum atomic E-state index is -4.02. The van der Waals surface area contributed by atoms with Gasteiger partial charge in [-0.3, -0.25) is 0 Å². The first kappa shape index (κ1) is 50.2. The van der Waals surface area contributed by atoms with Gasteiger partial charge in [0.05, 0.1) is 0 Å². The zero-order chi connectivity index (χ0) is 40.1. The van der Waals surface area contributed by atoms with Crippen molar-refractivity contribution in [2.75, 3.05) is 24.6 Å². The second kappa shape index (κ2) is 29.3. The third-order valence-electron chi connectivity index (χ3n) is 12.9. The first-order valence-corrected chi connectivity index (χ1v) is 28.6. The summed E-state index contributed by atoms with van der Waals surface area (Å²) in [5, 5.41) is 1.93. The molecule has 0 aliphatic heterocycles. The van der Waals surface area contributed by atoms with Crippen LogP contribution in [0.25, 0.3) is 10.8 Å². The summed E-state index contributed by atoms with van der Waals surface area (Å²) in [5.41, 5.74) is 2.34. The molecule has 2 aromatic carbocycles. The van der Waals surface area contributed by atoms with Gasteiger partial charge in [-0.05, 0) is 0 Å². The Labute approximate surface area is 343 Å². The third-order valence-corrected chi connectivity index (χ3v) is 22.2. The van der Waals surface area contributed by atoms with Crippen molar-refractivity contribution in [1.29, 1.82) is 0 Å². The van der Waals surface area contributed by atoms with Gasteiger partial charge in [0, 0.05) is 0 Å². The van der Waals surface area contributed by atoms with E-state index in [2.05, 4.69) is 65.8 Å². The Morgan fingerprint density at radius 3 is 1.27 bits per heavy atom. The molecule has 55 heavy (non-hydrogen) atoms. The predicted molar refractivity (Wildman–Crippen MR) is 249 cm³/mol. The van der Waals surface area contributed by atoms with Crippen LogP contribution in [0.4, 0.5) is 0 Å². The fourth-order valence-electron chi connectivity index (χ4n) is 9.10. The molecule has 0 saturated carbocycles. The summed E-state index contributed by atoms with van der Waals surface area (Å²) >= 11 is 0. The average molecular weight is 803 g/mol. The molecule has 0 amide bonds. The van der Waals surface area contributed by atoms with Crippen LogP contribution < -0.4 is 0 Å². The molecule has 3 nitrogen and oxygen atoms in total. The monoisotopic (exact) mass is 803 g/mol. The summed E-state index contributed by atoms with van der Waals surface area (Å²) in [7, 11) is -4.02. The number of fused-ring (bicyclic) bond motifs is 1. The van der Waals surface area contributed by atoms with Crippen LogP contribution in [0.5, 0.6) is 0 Å². The van der Waals surface area contributed by atoms with Crippen LogP contribution in [0.1, 0.15) is 232 Å². The Balaban J connectivity index is 2.41. The fourth-order valence-corrected chi connectivity index (χ4v) is 18.9. The van der Waals surface area contributed by atoms with Crippen molar-refractivity contribution in [1.82, 2.24) is 0 Å². The van der Waals surface area contributed by atoms with Gasteiger partial charge in [0.1, 0.15) is 0 Å². The van der Waals surface area contributed by atoms with E-state index < -0.39 is 16.9 Å². The van der Waals surface area contributed by atoms with Crippen LogP contribution in [-0.4, -0.2) is 33.1 Å². The SMILES string of the molecule is CCCCCCCCCCCCCc1cc2ccccc2c(S(=O)(=O)OP(CC)(CCCC)(CCCC)CCCC)c1CCCCCCCCCCCCC. The van der Waals surface area contributed by atoms with Crippen molar-refractivity contribution in [3.63, 3.8) is 0 Å². The minimum absolute atomic E-state index is 0.530. The number of benzene rings is 2. The first-order valence-electron chi connectivity index (χ1n) is 24.3. The van der Waals surface area contributed by atoms with Crippen molar-refractivity contribution >= 4 is 27.7 Å². The Morgan fingerprint density at radius 2 is 0.855 bits per heavy atom. The summed E-state index contributed by atoms with van der Waals surface area (Å²) in [6.45, 7) is 10.5. The maximum absolute atomic E-state index is 15.4. The maximum atomic E-state index is 15.4. The summed E-state index contributed by atoms with van der Waals surface area (Å²) in [4.78, 5) is 0.530. The molecule has 0 bridgehead atoms. The number of hydrogen-bond donors (Lipinski definition) is 0. The first-order chi connectivity index (χ1) is 26.7. The van der Waals surface area contributed by atoms with E-state index in [4.69, 9.17) is 3.97 Å². The molecular formula is C50H91O3PS. The molecule has 0 spiro atoms. The third kappa shape index (κ3) is 18.2. The molecule has 0 radical (unpaired) electrons. The summed E-state index contributed by atoms with van der Waals surface area (Å²) in [5.74, 6) is 0. The van der Waals surface area contributed by atoms with E-state index in [-0.39, 0.29) is 0 Å². The van der Waals surface area contributed by atoms with Gasteiger partial charge in [-0.1, -0.05) is 71.6 Å². The van der Waals surface area contributed by atoms with Gasteiger partial charge in [0.15, 0.2) is 0 Å². The summed E-state index contributed by atoms with van der Waals surface area (Å²) in [6, 6.07) is 10.7. The number of unbranched alkanes of at least 4 members (excludes halogenated alkanes) is 23. The Hall–Kier alpha value is -0.960. The van der Waals surface area contributed by atoms with Gasteiger partial charge < -0.3 is 0 Å². The van der Waals surface area contributed by atoms with Gasteiger partial charge in [0.2, 0.25) is 0 Å². The second-order valence-electron chi connectivity index (χ2n) is 17.6. The van der Waals surface area contributed by atoms with Crippen LogP contribution in [0, 0.1) is 0 Å². The van der Waals surface area contributed by atoms with Gasteiger partial charge in [-0.2, -0.15) is 0 Å². The molecule has 0 aliphatic carbocycles. The molecule has 0 unspecified atom stereocenters. The van der Waals surface area contributed by atoms with E-state index >= 15 is 8.42 Å². The number of aryl methyl sites for hydroxylation is 1. The van der Waals surface area contributed by atoms with Crippen molar-refractivity contribution in [2.45, 2.75) is 239 Å². The molecule has 0 N–H and O–H groups in total.